The molecule has 0 spiro atoms. The molecular formula is C16H24O. The Balaban J connectivity index is 2.88. The summed E-state index contributed by atoms with van der Waals surface area (Å²) in [6.07, 6.45) is 0.0936. The van der Waals surface area contributed by atoms with Gasteiger partial charge in [0, 0.05) is 0 Å². The molecule has 0 aliphatic carbocycles. The van der Waals surface area contributed by atoms with Crippen molar-refractivity contribution >= 4 is 0 Å². The van der Waals surface area contributed by atoms with E-state index in [1.165, 1.54) is 11.1 Å². The van der Waals surface area contributed by atoms with Crippen LogP contribution < -0.4 is 4.74 Å². The first kappa shape index (κ1) is 13.8. The average molecular weight is 232 g/mol. The monoisotopic (exact) mass is 232 g/mol. The Hall–Kier alpha value is -1.24. The average Bonchev–Trinajstić information content (AvgIpc) is 2.26. The third kappa shape index (κ3) is 3.62. The molecule has 1 aromatic rings. The summed E-state index contributed by atoms with van der Waals surface area (Å²) in [5, 5.41) is 0. The summed E-state index contributed by atoms with van der Waals surface area (Å²) in [6, 6.07) is 8.14. The summed E-state index contributed by atoms with van der Waals surface area (Å²) in [5.74, 6) is 1.85. The molecule has 0 bridgehead atoms. The summed E-state index contributed by atoms with van der Waals surface area (Å²) in [4.78, 5) is 0. The molecule has 0 fully saturated rings. The zero-order valence-corrected chi connectivity index (χ0v) is 11.7. The fraction of sp³-hybridized carbons (Fsp3) is 0.500. The maximum Gasteiger partial charge on any atom is 0.123 e. The van der Waals surface area contributed by atoms with Gasteiger partial charge in [0.05, 0.1) is 0 Å². The van der Waals surface area contributed by atoms with E-state index in [0.717, 1.165) is 5.75 Å². The van der Waals surface area contributed by atoms with E-state index in [0.29, 0.717) is 11.8 Å². The minimum absolute atomic E-state index is 0.0936. The van der Waals surface area contributed by atoms with Gasteiger partial charge in [-0.1, -0.05) is 52.5 Å². The number of hydrogen-bond donors (Lipinski definition) is 0. The van der Waals surface area contributed by atoms with E-state index in [-0.39, 0.29) is 6.10 Å². The number of aryl methyl sites for hydroxylation is 1. The molecule has 17 heavy (non-hydrogen) atoms. The van der Waals surface area contributed by atoms with Crippen LogP contribution in [0.1, 0.15) is 33.3 Å². The van der Waals surface area contributed by atoms with Crippen LogP contribution in [0.25, 0.3) is 0 Å². The zero-order chi connectivity index (χ0) is 13.0. The highest BCUT2D eigenvalue weighted by Crippen LogP contribution is 2.26. The SMILES string of the molecule is C=C(C(C)C)C(Oc1ccccc1C)C(C)C. The highest BCUT2D eigenvalue weighted by molar-refractivity contribution is 5.32. The molecule has 0 saturated heterocycles. The molecule has 1 aromatic carbocycles. The predicted octanol–water partition coefficient (Wildman–Crippen LogP) is 4.61. The van der Waals surface area contributed by atoms with Crippen LogP contribution >= 0.6 is 0 Å². The topological polar surface area (TPSA) is 9.23 Å². The number of ether oxygens (including phenoxy) is 1. The van der Waals surface area contributed by atoms with Crippen molar-refractivity contribution < 1.29 is 4.74 Å². The summed E-state index contributed by atoms with van der Waals surface area (Å²) < 4.78 is 6.13. The molecule has 1 nitrogen and oxygen atoms in total. The van der Waals surface area contributed by atoms with Gasteiger partial charge in [-0.3, -0.25) is 0 Å². The first-order valence-electron chi connectivity index (χ1n) is 6.34. The Labute approximate surface area is 106 Å². The lowest BCUT2D eigenvalue weighted by Crippen LogP contribution is -2.27. The van der Waals surface area contributed by atoms with Crippen LogP contribution in [-0.2, 0) is 0 Å². The third-order valence-corrected chi connectivity index (χ3v) is 3.06. The van der Waals surface area contributed by atoms with Gasteiger partial charge in [0.25, 0.3) is 0 Å². The fourth-order valence-electron chi connectivity index (χ4n) is 1.79. The second-order valence-corrected chi connectivity index (χ2v) is 5.28. The minimum atomic E-state index is 0.0936. The summed E-state index contributed by atoms with van der Waals surface area (Å²) in [6.45, 7) is 14.9. The lowest BCUT2D eigenvalue weighted by Gasteiger charge is -2.27. The molecule has 0 aliphatic heterocycles. The molecule has 0 aliphatic rings. The number of benzene rings is 1. The Morgan fingerprint density at radius 3 is 2.18 bits per heavy atom. The van der Waals surface area contributed by atoms with Gasteiger partial charge >= 0.3 is 0 Å². The van der Waals surface area contributed by atoms with E-state index in [1.54, 1.807) is 0 Å². The van der Waals surface area contributed by atoms with Gasteiger partial charge < -0.3 is 4.74 Å². The molecule has 1 unspecified atom stereocenters. The number of para-hydroxylation sites is 1. The molecule has 0 saturated carbocycles. The number of rotatable bonds is 5. The smallest absolute Gasteiger partial charge is 0.123 e. The predicted molar refractivity (Wildman–Crippen MR) is 74.4 cm³/mol. The molecule has 1 rings (SSSR count). The van der Waals surface area contributed by atoms with Crippen molar-refractivity contribution in [1.82, 2.24) is 0 Å². The first-order chi connectivity index (χ1) is 7.93. The van der Waals surface area contributed by atoms with Gasteiger partial charge in [-0.25, -0.2) is 0 Å². The van der Waals surface area contributed by atoms with E-state index in [2.05, 4.69) is 47.3 Å². The van der Waals surface area contributed by atoms with Gasteiger partial charge in [-0.05, 0) is 36.0 Å². The fourth-order valence-corrected chi connectivity index (χ4v) is 1.79. The second kappa shape index (κ2) is 5.90. The van der Waals surface area contributed by atoms with Gasteiger partial charge in [-0.15, -0.1) is 0 Å². The van der Waals surface area contributed by atoms with E-state index < -0.39 is 0 Å². The van der Waals surface area contributed by atoms with Crippen LogP contribution in [0.5, 0.6) is 5.75 Å². The van der Waals surface area contributed by atoms with Crippen molar-refractivity contribution in [2.45, 2.75) is 40.7 Å². The Morgan fingerprint density at radius 2 is 1.71 bits per heavy atom. The van der Waals surface area contributed by atoms with Crippen LogP contribution in [0.4, 0.5) is 0 Å². The lowest BCUT2D eigenvalue weighted by molar-refractivity contribution is 0.175. The van der Waals surface area contributed by atoms with E-state index >= 15 is 0 Å². The second-order valence-electron chi connectivity index (χ2n) is 5.28. The standard InChI is InChI=1S/C16H24O/c1-11(2)14(6)16(12(3)4)17-15-10-8-7-9-13(15)5/h7-12,16H,6H2,1-5H3. The van der Waals surface area contributed by atoms with Gasteiger partial charge in [-0.2, -0.15) is 0 Å². The normalized spacial score (nSPS) is 12.9. The largest absolute Gasteiger partial charge is 0.486 e. The molecule has 0 amide bonds. The maximum atomic E-state index is 6.13. The maximum absolute atomic E-state index is 6.13. The quantitative estimate of drug-likeness (QED) is 0.674. The summed E-state index contributed by atoms with van der Waals surface area (Å²) in [5.41, 5.74) is 2.35. The molecule has 0 N–H and O–H groups in total. The van der Waals surface area contributed by atoms with Crippen molar-refractivity contribution in [2.24, 2.45) is 11.8 Å². The van der Waals surface area contributed by atoms with Crippen molar-refractivity contribution in [3.05, 3.63) is 42.0 Å². The van der Waals surface area contributed by atoms with Crippen LogP contribution in [0.2, 0.25) is 0 Å². The first-order valence-corrected chi connectivity index (χ1v) is 6.34. The number of hydrogen-bond acceptors (Lipinski definition) is 1. The van der Waals surface area contributed by atoms with Crippen molar-refractivity contribution in [3.63, 3.8) is 0 Å². The molecule has 1 atom stereocenters. The molecular weight excluding hydrogens is 208 g/mol. The summed E-state index contributed by atoms with van der Waals surface area (Å²) in [7, 11) is 0. The molecule has 0 heterocycles. The van der Waals surface area contributed by atoms with Crippen molar-refractivity contribution in [1.29, 1.82) is 0 Å². The summed E-state index contributed by atoms with van der Waals surface area (Å²) >= 11 is 0. The van der Waals surface area contributed by atoms with Gasteiger partial charge in [0.2, 0.25) is 0 Å². The van der Waals surface area contributed by atoms with Crippen LogP contribution in [0, 0.1) is 18.8 Å². The van der Waals surface area contributed by atoms with E-state index in [9.17, 15) is 0 Å². The molecule has 0 radical (unpaired) electrons. The highest BCUT2D eigenvalue weighted by Gasteiger charge is 2.21. The lowest BCUT2D eigenvalue weighted by atomic mass is 9.92. The third-order valence-electron chi connectivity index (χ3n) is 3.06. The van der Waals surface area contributed by atoms with Crippen LogP contribution in [0.15, 0.2) is 36.4 Å². The van der Waals surface area contributed by atoms with E-state index in [1.807, 2.05) is 18.2 Å². The van der Waals surface area contributed by atoms with Crippen LogP contribution in [0.3, 0.4) is 0 Å². The molecule has 94 valence electrons. The van der Waals surface area contributed by atoms with Gasteiger partial charge in [0.15, 0.2) is 0 Å². The Kier molecular flexibility index (Phi) is 4.80. The van der Waals surface area contributed by atoms with Crippen molar-refractivity contribution in [3.8, 4) is 5.75 Å². The zero-order valence-electron chi connectivity index (χ0n) is 11.7. The van der Waals surface area contributed by atoms with Crippen molar-refractivity contribution in [2.75, 3.05) is 0 Å². The van der Waals surface area contributed by atoms with E-state index in [4.69, 9.17) is 4.74 Å². The molecule has 0 aromatic heterocycles. The Bertz CT molecular complexity index is 377. The van der Waals surface area contributed by atoms with Crippen LogP contribution in [-0.4, -0.2) is 6.10 Å². The molecule has 1 heteroatoms. The minimum Gasteiger partial charge on any atom is -0.486 e. The highest BCUT2D eigenvalue weighted by atomic mass is 16.5. The Morgan fingerprint density at radius 1 is 1.12 bits per heavy atom. The van der Waals surface area contributed by atoms with Gasteiger partial charge in [0.1, 0.15) is 11.9 Å².